The maximum Gasteiger partial charge on any atom is 0.500 e. The Balaban J connectivity index is 1.92. The van der Waals surface area contributed by atoms with E-state index in [0.717, 1.165) is 11.1 Å². The van der Waals surface area contributed by atoms with E-state index in [1.54, 1.807) is 24.3 Å². The summed E-state index contributed by atoms with van der Waals surface area (Å²) < 4.78 is 35.3. The van der Waals surface area contributed by atoms with Gasteiger partial charge in [0.05, 0.1) is 0 Å². The van der Waals surface area contributed by atoms with E-state index in [2.05, 4.69) is 31.9 Å². The third-order valence-corrected chi connectivity index (χ3v) is 15.5. The average molecular weight is 877 g/mol. The molecule has 0 saturated carbocycles. The zero-order valence-corrected chi connectivity index (χ0v) is 39.5. The first-order valence-corrected chi connectivity index (χ1v) is 25.3. The Hall–Kier alpha value is -3.89. The van der Waals surface area contributed by atoms with Gasteiger partial charge in [-0.15, -0.1) is 0 Å². The van der Waals surface area contributed by atoms with E-state index in [1.165, 1.54) is 0 Å². The first kappa shape index (κ1) is 52.3. The molecule has 0 aliphatic carbocycles. The molecular weight excluding hydrogens is 805 g/mol. The van der Waals surface area contributed by atoms with Gasteiger partial charge in [0.2, 0.25) is 11.8 Å². The Labute approximate surface area is 360 Å². The molecule has 6 amide bonds. The normalized spacial score (nSPS) is 12.8. The van der Waals surface area contributed by atoms with Crippen molar-refractivity contribution < 1.29 is 45.7 Å². The standard InChI is InChI=1S/C42H72N6O10Si2/c1-11-53-59(54-12-2,55-13-3)29-17-27-43-41(51)47-37(31(7)8)39(49)45-35-23-19-33(20-24-35)34-21-25-36(26-22-34)46-40(50)38(32(9)10)48-42(52)44-28-18-30-60(56-14-4,57-15-5)58-16-6/h19-26,31-32,37-38H,11-18,27-30H2,1-10H3,(H,45,49)(H,46,50)(H2,43,47,51)(H2,44,48,52)/t37-,38-/m0/s1. The number of hydrogen-bond donors (Lipinski definition) is 6. The molecular formula is C42H72N6O10Si2. The molecule has 0 aliphatic rings. The van der Waals surface area contributed by atoms with Crippen LogP contribution in [0.15, 0.2) is 48.5 Å². The van der Waals surface area contributed by atoms with Crippen LogP contribution in [0.3, 0.4) is 0 Å². The molecule has 338 valence electrons. The van der Waals surface area contributed by atoms with E-state index in [4.69, 9.17) is 26.6 Å². The van der Waals surface area contributed by atoms with Crippen molar-refractivity contribution in [1.29, 1.82) is 0 Å². The second-order valence-corrected chi connectivity index (χ2v) is 20.0. The van der Waals surface area contributed by atoms with Crippen LogP contribution in [0.1, 0.15) is 82.1 Å². The minimum absolute atomic E-state index is 0.169. The fraction of sp³-hybridized carbons (Fsp3) is 0.619. The average Bonchev–Trinajstić information content (AvgIpc) is 3.20. The molecule has 0 heterocycles. The van der Waals surface area contributed by atoms with E-state index in [0.29, 0.717) is 89.0 Å². The SMILES string of the molecule is CCO[Si](CCCNC(=O)N[C@H](C(=O)Nc1ccc(-c2ccc(NC(=O)[C@@H](NC(=O)NCCC[Si](OCC)(OCC)OCC)C(C)C)cc2)cc1)C(C)C)(OCC)OCC. The minimum atomic E-state index is -2.81. The largest absolute Gasteiger partial charge is 0.500 e. The highest BCUT2D eigenvalue weighted by Gasteiger charge is 2.40. The number of anilines is 2. The van der Waals surface area contributed by atoms with Crippen molar-refractivity contribution >= 4 is 52.9 Å². The molecule has 2 aromatic carbocycles. The Kier molecular flexibility index (Phi) is 24.3. The summed E-state index contributed by atoms with van der Waals surface area (Å²) in [6, 6.07) is 13.4. The summed E-state index contributed by atoms with van der Waals surface area (Å²) >= 11 is 0. The topological polar surface area (TPSA) is 196 Å². The zero-order valence-electron chi connectivity index (χ0n) is 37.5. The first-order chi connectivity index (χ1) is 28.7. The van der Waals surface area contributed by atoms with Gasteiger partial charge in [0.15, 0.2) is 0 Å². The lowest BCUT2D eigenvalue weighted by Gasteiger charge is -2.28. The van der Waals surface area contributed by atoms with Crippen molar-refractivity contribution in [2.45, 2.75) is 106 Å². The third-order valence-electron chi connectivity index (χ3n) is 9.19. The molecule has 16 nitrogen and oxygen atoms in total. The zero-order chi connectivity index (χ0) is 44.6. The fourth-order valence-electron chi connectivity index (χ4n) is 6.40. The van der Waals surface area contributed by atoms with E-state index < -0.39 is 41.8 Å². The van der Waals surface area contributed by atoms with E-state index >= 15 is 0 Å². The van der Waals surface area contributed by atoms with Crippen LogP contribution in [0, 0.1) is 11.8 Å². The molecule has 0 saturated heterocycles. The van der Waals surface area contributed by atoms with E-state index in [1.807, 2.05) is 93.5 Å². The highest BCUT2D eigenvalue weighted by molar-refractivity contribution is 6.61. The molecule has 18 heteroatoms. The molecule has 0 unspecified atom stereocenters. The number of hydrogen-bond acceptors (Lipinski definition) is 10. The van der Waals surface area contributed by atoms with Crippen LogP contribution in [0.25, 0.3) is 11.1 Å². The van der Waals surface area contributed by atoms with Gasteiger partial charge in [0.25, 0.3) is 0 Å². The minimum Gasteiger partial charge on any atom is -0.374 e. The van der Waals surface area contributed by atoms with Gasteiger partial charge >= 0.3 is 29.7 Å². The summed E-state index contributed by atoms with van der Waals surface area (Å²) in [6.45, 7) is 22.5. The molecule has 60 heavy (non-hydrogen) atoms. The lowest BCUT2D eigenvalue weighted by molar-refractivity contribution is -0.119. The Morgan fingerprint density at radius 2 is 0.767 bits per heavy atom. The molecule has 0 fully saturated rings. The highest BCUT2D eigenvalue weighted by atomic mass is 28.4. The van der Waals surface area contributed by atoms with Gasteiger partial charge in [-0.1, -0.05) is 52.0 Å². The predicted molar refractivity (Wildman–Crippen MR) is 240 cm³/mol. The molecule has 0 spiro atoms. The van der Waals surface area contributed by atoms with Crippen LogP contribution in [-0.4, -0.2) is 106 Å². The molecule has 6 N–H and O–H groups in total. The van der Waals surface area contributed by atoms with Crippen molar-refractivity contribution in [2.75, 3.05) is 63.4 Å². The van der Waals surface area contributed by atoms with Gasteiger partial charge in [-0.25, -0.2) is 9.59 Å². The lowest BCUT2D eigenvalue weighted by Crippen LogP contribution is -2.51. The molecule has 0 radical (unpaired) electrons. The second kappa shape index (κ2) is 27.9. The summed E-state index contributed by atoms with van der Waals surface area (Å²) in [7, 11) is -5.62. The Morgan fingerprint density at radius 3 is 1.02 bits per heavy atom. The van der Waals surface area contributed by atoms with E-state index in [9.17, 15) is 19.2 Å². The first-order valence-electron chi connectivity index (χ1n) is 21.5. The summed E-state index contributed by atoms with van der Waals surface area (Å²) in [5.41, 5.74) is 2.96. The highest BCUT2D eigenvalue weighted by Crippen LogP contribution is 2.24. The van der Waals surface area contributed by atoms with Crippen LogP contribution in [-0.2, 0) is 36.1 Å². The molecule has 2 rings (SSSR count). The van der Waals surface area contributed by atoms with Crippen molar-refractivity contribution in [1.82, 2.24) is 21.3 Å². The van der Waals surface area contributed by atoms with Crippen molar-refractivity contribution in [3.05, 3.63) is 48.5 Å². The van der Waals surface area contributed by atoms with Crippen molar-refractivity contribution in [3.8, 4) is 11.1 Å². The summed E-state index contributed by atoms with van der Waals surface area (Å²) in [4.78, 5) is 52.1. The van der Waals surface area contributed by atoms with E-state index in [-0.39, 0.29) is 23.7 Å². The maximum absolute atomic E-state index is 13.3. The Morgan fingerprint density at radius 1 is 0.483 bits per heavy atom. The predicted octanol–water partition coefficient (Wildman–Crippen LogP) is 6.76. The summed E-state index contributed by atoms with van der Waals surface area (Å²) in [5, 5.41) is 17.1. The van der Waals surface area contributed by atoms with Gasteiger partial charge in [0, 0.05) is 76.2 Å². The van der Waals surface area contributed by atoms with Crippen LogP contribution in [0.2, 0.25) is 12.1 Å². The molecule has 2 atom stereocenters. The van der Waals surface area contributed by atoms with Crippen LogP contribution < -0.4 is 31.9 Å². The number of nitrogens with one attached hydrogen (secondary N) is 6. The van der Waals surface area contributed by atoms with Crippen LogP contribution >= 0.6 is 0 Å². The number of benzene rings is 2. The van der Waals surface area contributed by atoms with Crippen LogP contribution in [0.4, 0.5) is 21.0 Å². The molecule has 0 bridgehead atoms. The van der Waals surface area contributed by atoms with Crippen molar-refractivity contribution in [3.63, 3.8) is 0 Å². The molecule has 0 aromatic heterocycles. The number of carbonyl (C=O) groups excluding carboxylic acids is 4. The monoisotopic (exact) mass is 876 g/mol. The quantitative estimate of drug-likeness (QED) is 0.0376. The summed E-state index contributed by atoms with van der Waals surface area (Å²) in [5.74, 6) is -1.00. The Bertz CT molecular complexity index is 1420. The second-order valence-electron chi connectivity index (χ2n) is 14.5. The molecule has 2 aromatic rings. The number of carbonyl (C=O) groups is 4. The summed E-state index contributed by atoms with van der Waals surface area (Å²) in [6.07, 6.45) is 1.20. The van der Waals surface area contributed by atoms with Gasteiger partial charge in [-0.2, -0.15) is 0 Å². The smallest absolute Gasteiger partial charge is 0.374 e. The van der Waals surface area contributed by atoms with Gasteiger partial charge in [0.1, 0.15) is 12.1 Å². The molecule has 0 aliphatic heterocycles. The number of rotatable bonds is 29. The van der Waals surface area contributed by atoms with Gasteiger partial charge < -0.3 is 58.5 Å². The third kappa shape index (κ3) is 18.0. The number of amides is 6. The van der Waals surface area contributed by atoms with Gasteiger partial charge in [-0.05, 0) is 102 Å². The fourth-order valence-corrected chi connectivity index (χ4v) is 11.6. The van der Waals surface area contributed by atoms with Crippen LogP contribution in [0.5, 0.6) is 0 Å². The van der Waals surface area contributed by atoms with Gasteiger partial charge in [-0.3, -0.25) is 9.59 Å². The lowest BCUT2D eigenvalue weighted by atomic mass is 10.0. The maximum atomic E-state index is 13.3. The van der Waals surface area contributed by atoms with Crippen molar-refractivity contribution in [2.24, 2.45) is 11.8 Å². The number of urea groups is 2.